The molecule has 3 rings (SSSR count). The second-order valence-electron chi connectivity index (χ2n) is 5.17. The van der Waals surface area contributed by atoms with Crippen molar-refractivity contribution in [1.82, 2.24) is 14.8 Å². The van der Waals surface area contributed by atoms with E-state index in [-0.39, 0.29) is 6.61 Å². The van der Waals surface area contributed by atoms with E-state index in [1.54, 1.807) is 30.1 Å². The molecule has 0 unspecified atom stereocenters. The first-order chi connectivity index (χ1) is 11.7. The van der Waals surface area contributed by atoms with Crippen LogP contribution in [0.3, 0.4) is 0 Å². The predicted octanol–water partition coefficient (Wildman–Crippen LogP) is 2.35. The first-order valence-corrected chi connectivity index (χ1v) is 7.46. The van der Waals surface area contributed by atoms with Gasteiger partial charge in [-0.3, -0.25) is 0 Å². The Morgan fingerprint density at radius 2 is 2.00 bits per heavy atom. The number of hydrogen-bond donors (Lipinski definition) is 1. The molecule has 1 aromatic carbocycles. The molecule has 24 heavy (non-hydrogen) atoms. The lowest BCUT2D eigenvalue weighted by Gasteiger charge is -2.08. The molecule has 0 fully saturated rings. The molecular formula is C18H16N4O2. The molecule has 1 N–H and O–H groups in total. The monoisotopic (exact) mass is 320 g/mol. The predicted molar refractivity (Wildman–Crippen MR) is 88.9 cm³/mol. The SMILES string of the molecule is COc1ccc(-n2nc(C#N)cc2-c2ccc(CCO)cc2)cn1. The van der Waals surface area contributed by atoms with Gasteiger partial charge >= 0.3 is 0 Å². The summed E-state index contributed by atoms with van der Waals surface area (Å²) < 4.78 is 6.76. The Labute approximate surface area is 139 Å². The third-order valence-electron chi connectivity index (χ3n) is 3.65. The molecule has 3 aromatic rings. The van der Waals surface area contributed by atoms with Crippen molar-refractivity contribution in [2.45, 2.75) is 6.42 Å². The maximum Gasteiger partial charge on any atom is 0.213 e. The molecule has 0 atom stereocenters. The minimum Gasteiger partial charge on any atom is -0.481 e. The third kappa shape index (κ3) is 3.12. The van der Waals surface area contributed by atoms with Crippen LogP contribution in [0.15, 0.2) is 48.7 Å². The summed E-state index contributed by atoms with van der Waals surface area (Å²) in [5.41, 5.74) is 3.86. The molecule has 0 radical (unpaired) electrons. The van der Waals surface area contributed by atoms with Gasteiger partial charge in [0.15, 0.2) is 5.69 Å². The lowest BCUT2D eigenvalue weighted by Crippen LogP contribution is -2.01. The first kappa shape index (κ1) is 15.7. The summed E-state index contributed by atoms with van der Waals surface area (Å²) in [4.78, 5) is 4.19. The first-order valence-electron chi connectivity index (χ1n) is 7.46. The average Bonchev–Trinajstić information content (AvgIpc) is 3.07. The number of hydrogen-bond acceptors (Lipinski definition) is 5. The van der Waals surface area contributed by atoms with E-state index in [1.165, 1.54) is 0 Å². The number of aliphatic hydroxyl groups excluding tert-OH is 1. The highest BCUT2D eigenvalue weighted by Gasteiger charge is 2.12. The van der Waals surface area contributed by atoms with Crippen LogP contribution in [0.2, 0.25) is 0 Å². The summed E-state index contributed by atoms with van der Waals surface area (Å²) >= 11 is 0. The van der Waals surface area contributed by atoms with Gasteiger partial charge < -0.3 is 9.84 Å². The molecule has 0 bridgehead atoms. The van der Waals surface area contributed by atoms with Gasteiger partial charge in [0.05, 0.1) is 24.7 Å². The Kier molecular flexibility index (Phi) is 4.54. The summed E-state index contributed by atoms with van der Waals surface area (Å²) in [7, 11) is 1.56. The second-order valence-corrected chi connectivity index (χ2v) is 5.17. The number of rotatable bonds is 5. The highest BCUT2D eigenvalue weighted by molar-refractivity contribution is 5.64. The van der Waals surface area contributed by atoms with Crippen LogP contribution in [-0.4, -0.2) is 33.6 Å². The van der Waals surface area contributed by atoms with Gasteiger partial charge in [-0.25, -0.2) is 9.67 Å². The van der Waals surface area contributed by atoms with Crippen molar-refractivity contribution < 1.29 is 9.84 Å². The molecule has 6 nitrogen and oxygen atoms in total. The Balaban J connectivity index is 2.03. The molecule has 0 aliphatic rings. The topological polar surface area (TPSA) is 84.0 Å². The van der Waals surface area contributed by atoms with Crippen molar-refractivity contribution in [2.75, 3.05) is 13.7 Å². The number of aliphatic hydroxyl groups is 1. The van der Waals surface area contributed by atoms with E-state index in [1.807, 2.05) is 30.3 Å². The van der Waals surface area contributed by atoms with Crippen LogP contribution in [-0.2, 0) is 6.42 Å². The summed E-state index contributed by atoms with van der Waals surface area (Å²) in [6.07, 6.45) is 2.27. The fourth-order valence-electron chi connectivity index (χ4n) is 2.43. The smallest absolute Gasteiger partial charge is 0.213 e. The van der Waals surface area contributed by atoms with Gasteiger partial charge in [0.2, 0.25) is 5.88 Å². The van der Waals surface area contributed by atoms with E-state index in [0.29, 0.717) is 18.0 Å². The Bertz CT molecular complexity index is 862. The lowest BCUT2D eigenvalue weighted by atomic mass is 10.1. The average molecular weight is 320 g/mol. The molecule has 0 saturated heterocycles. The van der Waals surface area contributed by atoms with Crippen molar-refractivity contribution in [1.29, 1.82) is 5.26 Å². The van der Waals surface area contributed by atoms with E-state index >= 15 is 0 Å². The number of nitriles is 1. The van der Waals surface area contributed by atoms with E-state index < -0.39 is 0 Å². The van der Waals surface area contributed by atoms with Crippen LogP contribution in [0.4, 0.5) is 0 Å². The molecule has 0 amide bonds. The standard InChI is InChI=1S/C18H16N4O2/c1-24-18-7-6-16(12-20-18)22-17(10-15(11-19)21-22)14-4-2-13(3-5-14)8-9-23/h2-7,10,12,23H,8-9H2,1H3. The molecular weight excluding hydrogens is 304 g/mol. The van der Waals surface area contributed by atoms with Gasteiger partial charge in [0.1, 0.15) is 6.07 Å². The van der Waals surface area contributed by atoms with Gasteiger partial charge in [0, 0.05) is 24.3 Å². The van der Waals surface area contributed by atoms with Crippen molar-refractivity contribution in [3.05, 3.63) is 59.9 Å². The Morgan fingerprint density at radius 3 is 2.58 bits per heavy atom. The lowest BCUT2D eigenvalue weighted by molar-refractivity contribution is 0.299. The number of ether oxygens (including phenoxy) is 1. The quantitative estimate of drug-likeness (QED) is 0.780. The van der Waals surface area contributed by atoms with E-state index in [9.17, 15) is 5.26 Å². The molecule has 6 heteroatoms. The summed E-state index contributed by atoms with van der Waals surface area (Å²) in [5, 5.41) is 22.5. The van der Waals surface area contributed by atoms with Crippen LogP contribution in [0, 0.1) is 11.3 Å². The normalized spacial score (nSPS) is 10.4. The minimum absolute atomic E-state index is 0.118. The largest absolute Gasteiger partial charge is 0.481 e. The van der Waals surface area contributed by atoms with Crippen LogP contribution < -0.4 is 4.74 Å². The zero-order valence-electron chi connectivity index (χ0n) is 13.2. The molecule has 0 aliphatic carbocycles. The van der Waals surface area contributed by atoms with Crippen LogP contribution in [0.25, 0.3) is 16.9 Å². The molecule has 2 aromatic heterocycles. The van der Waals surface area contributed by atoms with Crippen molar-refractivity contribution >= 4 is 0 Å². The van der Waals surface area contributed by atoms with Gasteiger partial charge in [-0.05, 0) is 18.1 Å². The van der Waals surface area contributed by atoms with Crippen LogP contribution in [0.5, 0.6) is 5.88 Å². The fraction of sp³-hybridized carbons (Fsp3) is 0.167. The molecule has 2 heterocycles. The van der Waals surface area contributed by atoms with E-state index in [4.69, 9.17) is 9.84 Å². The highest BCUT2D eigenvalue weighted by Crippen LogP contribution is 2.25. The summed E-state index contributed by atoms with van der Waals surface area (Å²) in [5.74, 6) is 0.515. The zero-order valence-corrected chi connectivity index (χ0v) is 13.2. The maximum absolute atomic E-state index is 9.18. The van der Waals surface area contributed by atoms with Crippen LogP contribution >= 0.6 is 0 Å². The molecule has 0 spiro atoms. The number of methoxy groups -OCH3 is 1. The second kappa shape index (κ2) is 6.94. The van der Waals surface area contributed by atoms with Crippen molar-refractivity contribution in [2.24, 2.45) is 0 Å². The van der Waals surface area contributed by atoms with Gasteiger partial charge in [-0.15, -0.1) is 0 Å². The highest BCUT2D eigenvalue weighted by atomic mass is 16.5. The van der Waals surface area contributed by atoms with E-state index in [2.05, 4.69) is 16.2 Å². The molecule has 0 saturated carbocycles. The van der Waals surface area contributed by atoms with Gasteiger partial charge in [-0.2, -0.15) is 10.4 Å². The summed E-state index contributed by atoms with van der Waals surface area (Å²) in [6.45, 7) is 0.118. The minimum atomic E-state index is 0.118. The fourth-order valence-corrected chi connectivity index (χ4v) is 2.43. The van der Waals surface area contributed by atoms with Crippen LogP contribution in [0.1, 0.15) is 11.3 Å². The number of aromatic nitrogens is 3. The Hall–Kier alpha value is -3.17. The number of pyridine rings is 1. The number of nitrogens with zero attached hydrogens (tertiary/aromatic N) is 4. The zero-order chi connectivity index (χ0) is 16.9. The third-order valence-corrected chi connectivity index (χ3v) is 3.65. The maximum atomic E-state index is 9.18. The van der Waals surface area contributed by atoms with Gasteiger partial charge in [-0.1, -0.05) is 24.3 Å². The summed E-state index contributed by atoms with van der Waals surface area (Å²) in [6, 6.07) is 15.2. The van der Waals surface area contributed by atoms with Gasteiger partial charge in [0.25, 0.3) is 0 Å². The Morgan fingerprint density at radius 1 is 1.21 bits per heavy atom. The molecule has 120 valence electrons. The molecule has 0 aliphatic heterocycles. The van der Waals surface area contributed by atoms with Crippen molar-refractivity contribution in [3.63, 3.8) is 0 Å². The van der Waals surface area contributed by atoms with E-state index in [0.717, 1.165) is 22.5 Å². The number of benzene rings is 1. The van der Waals surface area contributed by atoms with Crippen molar-refractivity contribution in [3.8, 4) is 28.9 Å².